The number of hydrogen-bond donors (Lipinski definition) is 0. The van der Waals surface area contributed by atoms with Gasteiger partial charge in [-0.25, -0.2) is 4.79 Å². The van der Waals surface area contributed by atoms with Gasteiger partial charge in [-0.15, -0.1) is 0 Å². The lowest BCUT2D eigenvalue weighted by atomic mass is 10.0. The van der Waals surface area contributed by atoms with Crippen LogP contribution in [0.5, 0.6) is 0 Å². The highest BCUT2D eigenvalue weighted by atomic mass is 16.5. The average molecular weight is 319 g/mol. The summed E-state index contributed by atoms with van der Waals surface area (Å²) in [5.41, 5.74) is 2.23. The number of esters is 1. The Kier molecular flexibility index (Phi) is 4.13. The fourth-order valence-electron chi connectivity index (χ4n) is 2.40. The summed E-state index contributed by atoms with van der Waals surface area (Å²) in [4.78, 5) is 23.7. The number of carbonyl (C=O) groups is 1. The van der Waals surface area contributed by atoms with Gasteiger partial charge in [0, 0.05) is 0 Å². The summed E-state index contributed by atoms with van der Waals surface area (Å²) in [7, 11) is 0. The topological polar surface area (TPSA) is 80.3 Å². The predicted octanol–water partition coefficient (Wildman–Crippen LogP) is 3.51. The number of benzene rings is 2. The van der Waals surface area contributed by atoms with Crippen LogP contribution in [-0.2, 0) is 4.74 Å². The zero-order chi connectivity index (χ0) is 17.1. The molecule has 3 aromatic rings. The van der Waals surface area contributed by atoms with Crippen molar-refractivity contribution in [2.75, 3.05) is 6.61 Å². The van der Waals surface area contributed by atoms with Crippen LogP contribution in [0.1, 0.15) is 22.8 Å². The van der Waals surface area contributed by atoms with E-state index in [1.165, 1.54) is 0 Å². The van der Waals surface area contributed by atoms with Gasteiger partial charge >= 0.3 is 5.97 Å². The number of fused-ring (bicyclic) bond motifs is 1. The Bertz CT molecular complexity index is 1010. The molecule has 2 aromatic carbocycles. The normalized spacial score (nSPS) is 10.3. The number of hydrogen-bond acceptors (Lipinski definition) is 5. The minimum absolute atomic E-state index is 0.0194. The summed E-state index contributed by atoms with van der Waals surface area (Å²) in [5, 5.41) is 9.23. The molecule has 5 heteroatoms. The van der Waals surface area contributed by atoms with Gasteiger partial charge in [-0.05, 0) is 42.3 Å². The molecule has 0 spiro atoms. The van der Waals surface area contributed by atoms with E-state index >= 15 is 0 Å². The highest BCUT2D eigenvalue weighted by molar-refractivity contribution is 5.90. The first kappa shape index (κ1) is 15.5. The van der Waals surface area contributed by atoms with Crippen LogP contribution in [0.15, 0.2) is 57.9 Å². The van der Waals surface area contributed by atoms with Crippen LogP contribution < -0.4 is 5.43 Å². The summed E-state index contributed by atoms with van der Waals surface area (Å²) in [6.07, 6.45) is 1.16. The smallest absolute Gasteiger partial charge is 0.338 e. The Morgan fingerprint density at radius 2 is 1.88 bits per heavy atom. The Balaban J connectivity index is 2.00. The van der Waals surface area contributed by atoms with Gasteiger partial charge in [-0.1, -0.05) is 18.2 Å². The molecule has 0 radical (unpaired) electrons. The van der Waals surface area contributed by atoms with Crippen molar-refractivity contribution < 1.29 is 13.9 Å². The van der Waals surface area contributed by atoms with E-state index in [9.17, 15) is 9.59 Å². The van der Waals surface area contributed by atoms with Gasteiger partial charge in [-0.2, -0.15) is 5.26 Å². The van der Waals surface area contributed by atoms with Crippen molar-refractivity contribution >= 4 is 16.9 Å². The Hall–Kier alpha value is -3.39. The average Bonchev–Trinajstić information content (AvgIpc) is 2.62. The van der Waals surface area contributed by atoms with Crippen molar-refractivity contribution in [3.63, 3.8) is 0 Å². The van der Waals surface area contributed by atoms with Crippen molar-refractivity contribution in [3.05, 3.63) is 70.1 Å². The van der Waals surface area contributed by atoms with E-state index in [-0.39, 0.29) is 17.0 Å². The van der Waals surface area contributed by atoms with E-state index in [4.69, 9.17) is 14.4 Å². The van der Waals surface area contributed by atoms with E-state index in [1.807, 2.05) is 6.07 Å². The third kappa shape index (κ3) is 2.77. The summed E-state index contributed by atoms with van der Waals surface area (Å²) in [6.45, 7) is 2.09. The molecule has 0 saturated carbocycles. The van der Waals surface area contributed by atoms with Crippen molar-refractivity contribution in [1.29, 1.82) is 5.26 Å². The number of rotatable bonds is 3. The maximum atomic E-state index is 12.1. The number of carbonyl (C=O) groups excluding carboxylic acids is 1. The van der Waals surface area contributed by atoms with Crippen LogP contribution in [0.25, 0.3) is 22.1 Å². The Labute approximate surface area is 137 Å². The molecule has 0 atom stereocenters. The molecule has 118 valence electrons. The van der Waals surface area contributed by atoms with Crippen LogP contribution in [0, 0.1) is 11.3 Å². The summed E-state index contributed by atoms with van der Waals surface area (Å²) in [6, 6.07) is 13.9. The summed E-state index contributed by atoms with van der Waals surface area (Å²) >= 11 is 0. The summed E-state index contributed by atoms with van der Waals surface area (Å²) < 4.78 is 10.3. The first-order chi connectivity index (χ1) is 11.6. The molecule has 0 unspecified atom stereocenters. The highest BCUT2D eigenvalue weighted by Gasteiger charge is 2.09. The van der Waals surface area contributed by atoms with Gasteiger partial charge in [0.15, 0.2) is 0 Å². The molecule has 5 nitrogen and oxygen atoms in total. The van der Waals surface area contributed by atoms with Crippen molar-refractivity contribution in [1.82, 2.24) is 0 Å². The van der Waals surface area contributed by atoms with Gasteiger partial charge in [0.05, 0.1) is 17.6 Å². The zero-order valence-corrected chi connectivity index (χ0v) is 12.9. The van der Waals surface area contributed by atoms with Crippen LogP contribution in [0.3, 0.4) is 0 Å². The molecule has 1 heterocycles. The molecule has 0 aliphatic carbocycles. The summed E-state index contributed by atoms with van der Waals surface area (Å²) in [5.74, 6) is -0.363. The van der Waals surface area contributed by atoms with Crippen LogP contribution in [0.2, 0.25) is 0 Å². The molecule has 0 aliphatic heterocycles. The van der Waals surface area contributed by atoms with Crippen molar-refractivity contribution in [2.24, 2.45) is 0 Å². The molecule has 0 fully saturated rings. The maximum Gasteiger partial charge on any atom is 0.338 e. The number of nitrogens with zero attached hydrogens (tertiary/aromatic N) is 1. The van der Waals surface area contributed by atoms with E-state index in [2.05, 4.69) is 0 Å². The van der Waals surface area contributed by atoms with Crippen LogP contribution in [-0.4, -0.2) is 12.6 Å². The second-order valence-corrected chi connectivity index (χ2v) is 5.10. The Morgan fingerprint density at radius 3 is 2.54 bits per heavy atom. The van der Waals surface area contributed by atoms with Crippen molar-refractivity contribution in [3.8, 4) is 17.2 Å². The number of nitriles is 1. The molecule has 0 amide bonds. The molecule has 1 aromatic heterocycles. The van der Waals surface area contributed by atoms with E-state index in [0.717, 1.165) is 17.4 Å². The SMILES string of the molecule is CCOC(=O)c1ccc(-c2ccc3c(=O)c(C#N)coc3c2)cc1. The lowest BCUT2D eigenvalue weighted by molar-refractivity contribution is 0.0526. The standard InChI is InChI=1S/C19H13NO4/c1-2-23-19(22)13-5-3-12(4-6-13)14-7-8-16-17(9-14)24-11-15(10-20)18(16)21/h3-9,11H,2H2,1H3. The molecular formula is C19H13NO4. The minimum atomic E-state index is -0.363. The van der Waals surface area contributed by atoms with Gasteiger partial charge in [-0.3, -0.25) is 4.79 Å². The zero-order valence-electron chi connectivity index (χ0n) is 12.9. The molecule has 0 aliphatic rings. The monoisotopic (exact) mass is 319 g/mol. The first-order valence-corrected chi connectivity index (χ1v) is 7.37. The quantitative estimate of drug-likeness (QED) is 0.690. The van der Waals surface area contributed by atoms with Gasteiger partial charge in [0.2, 0.25) is 5.43 Å². The number of ether oxygens (including phenoxy) is 1. The fourth-order valence-corrected chi connectivity index (χ4v) is 2.40. The minimum Gasteiger partial charge on any atom is -0.463 e. The predicted molar refractivity (Wildman–Crippen MR) is 88.6 cm³/mol. The molecule has 3 rings (SSSR count). The van der Waals surface area contributed by atoms with E-state index in [1.54, 1.807) is 49.4 Å². The van der Waals surface area contributed by atoms with Gasteiger partial charge < -0.3 is 9.15 Å². The van der Waals surface area contributed by atoms with Gasteiger partial charge in [0.1, 0.15) is 23.5 Å². The maximum absolute atomic E-state index is 12.1. The van der Waals surface area contributed by atoms with E-state index in [0.29, 0.717) is 23.1 Å². The second-order valence-electron chi connectivity index (χ2n) is 5.10. The van der Waals surface area contributed by atoms with Crippen LogP contribution >= 0.6 is 0 Å². The third-order valence-electron chi connectivity index (χ3n) is 3.62. The molecular weight excluding hydrogens is 306 g/mol. The molecule has 0 N–H and O–H groups in total. The highest BCUT2D eigenvalue weighted by Crippen LogP contribution is 2.24. The van der Waals surface area contributed by atoms with Crippen LogP contribution in [0.4, 0.5) is 0 Å². The molecule has 24 heavy (non-hydrogen) atoms. The Morgan fingerprint density at radius 1 is 1.17 bits per heavy atom. The largest absolute Gasteiger partial charge is 0.463 e. The molecule has 0 bridgehead atoms. The van der Waals surface area contributed by atoms with Gasteiger partial charge in [0.25, 0.3) is 0 Å². The molecule has 0 saturated heterocycles. The lowest BCUT2D eigenvalue weighted by Gasteiger charge is -2.05. The van der Waals surface area contributed by atoms with E-state index < -0.39 is 0 Å². The first-order valence-electron chi connectivity index (χ1n) is 7.37. The second kappa shape index (κ2) is 6.39. The third-order valence-corrected chi connectivity index (χ3v) is 3.62. The van der Waals surface area contributed by atoms with Crippen molar-refractivity contribution in [2.45, 2.75) is 6.92 Å². The lowest BCUT2D eigenvalue weighted by Crippen LogP contribution is -2.05. The fraction of sp³-hybridized carbons (Fsp3) is 0.105.